The molecule has 0 bridgehead atoms. The molecular formula is C18H31NO6S. The third-order valence-corrected chi connectivity index (χ3v) is 8.61. The minimum absolute atomic E-state index is 0.0616. The van der Waals surface area contributed by atoms with Crippen molar-refractivity contribution in [2.45, 2.75) is 69.3 Å². The summed E-state index contributed by atoms with van der Waals surface area (Å²) in [6, 6.07) is 0. The summed E-state index contributed by atoms with van der Waals surface area (Å²) in [6.45, 7) is 4.05. The van der Waals surface area contributed by atoms with Crippen molar-refractivity contribution in [2.24, 2.45) is 11.3 Å². The average molecular weight is 390 g/mol. The number of carbonyl (C=O) groups excluding carboxylic acids is 1. The molecule has 1 saturated heterocycles. The normalized spacial score (nSPS) is 22.7. The standard InChI is InChI=1S/C18H31NO6S/c1-13(2)15(26(23,24)14-6-4-3-5-7-14)16(20)19-12-18(17(21)22)8-10-25-11-9-18/h13-15H,3-12H2,1-2H3,(H,19,20)(H,21,22). The van der Waals surface area contributed by atoms with Crippen LogP contribution in [0.5, 0.6) is 0 Å². The molecule has 2 aliphatic rings. The van der Waals surface area contributed by atoms with Gasteiger partial charge in [-0.05, 0) is 31.6 Å². The number of sulfone groups is 1. The number of hydrogen-bond acceptors (Lipinski definition) is 5. The minimum Gasteiger partial charge on any atom is -0.481 e. The predicted octanol–water partition coefficient (Wildman–Crippen LogP) is 1.76. The van der Waals surface area contributed by atoms with Crippen LogP contribution in [0.25, 0.3) is 0 Å². The molecule has 26 heavy (non-hydrogen) atoms. The Hall–Kier alpha value is -1.15. The summed E-state index contributed by atoms with van der Waals surface area (Å²) in [7, 11) is -3.60. The van der Waals surface area contributed by atoms with E-state index >= 15 is 0 Å². The highest BCUT2D eigenvalue weighted by Crippen LogP contribution is 2.31. The number of aliphatic carboxylic acids is 1. The van der Waals surface area contributed by atoms with Gasteiger partial charge in [0.05, 0.1) is 10.7 Å². The van der Waals surface area contributed by atoms with Crippen molar-refractivity contribution in [1.29, 1.82) is 0 Å². The van der Waals surface area contributed by atoms with Gasteiger partial charge in [0, 0.05) is 19.8 Å². The smallest absolute Gasteiger partial charge is 0.311 e. The van der Waals surface area contributed by atoms with Gasteiger partial charge in [-0.3, -0.25) is 9.59 Å². The maximum absolute atomic E-state index is 13.0. The Bertz CT molecular complexity index is 603. The van der Waals surface area contributed by atoms with Gasteiger partial charge in [0.2, 0.25) is 5.91 Å². The van der Waals surface area contributed by atoms with Crippen molar-refractivity contribution in [1.82, 2.24) is 5.32 Å². The first-order valence-corrected chi connectivity index (χ1v) is 11.1. The van der Waals surface area contributed by atoms with E-state index in [2.05, 4.69) is 5.32 Å². The van der Waals surface area contributed by atoms with Gasteiger partial charge in [0.15, 0.2) is 9.84 Å². The molecule has 1 amide bonds. The van der Waals surface area contributed by atoms with Crippen LogP contribution in [-0.2, 0) is 24.2 Å². The molecule has 1 unspecified atom stereocenters. The number of carboxylic acid groups (broad SMARTS) is 1. The number of ether oxygens (including phenoxy) is 1. The Morgan fingerprint density at radius 3 is 2.23 bits per heavy atom. The number of carboxylic acids is 1. The van der Waals surface area contributed by atoms with E-state index < -0.39 is 37.6 Å². The van der Waals surface area contributed by atoms with E-state index in [1.165, 1.54) is 0 Å². The van der Waals surface area contributed by atoms with E-state index in [9.17, 15) is 23.1 Å². The fourth-order valence-electron chi connectivity index (χ4n) is 4.02. The van der Waals surface area contributed by atoms with Crippen molar-refractivity contribution in [3.8, 4) is 0 Å². The molecule has 0 aromatic carbocycles. The van der Waals surface area contributed by atoms with Crippen LogP contribution in [0.3, 0.4) is 0 Å². The van der Waals surface area contributed by atoms with Gasteiger partial charge in [-0.15, -0.1) is 0 Å². The van der Waals surface area contributed by atoms with E-state index in [1.807, 2.05) is 0 Å². The molecule has 1 atom stereocenters. The van der Waals surface area contributed by atoms with Gasteiger partial charge in [0.25, 0.3) is 0 Å². The summed E-state index contributed by atoms with van der Waals surface area (Å²) in [6.07, 6.45) is 4.61. The Morgan fingerprint density at radius 2 is 1.73 bits per heavy atom. The summed E-state index contributed by atoms with van der Waals surface area (Å²) in [5.74, 6) is -1.91. The quantitative estimate of drug-likeness (QED) is 0.686. The summed E-state index contributed by atoms with van der Waals surface area (Å²) < 4.78 is 31.3. The Balaban J connectivity index is 2.11. The van der Waals surface area contributed by atoms with Crippen molar-refractivity contribution in [3.63, 3.8) is 0 Å². The van der Waals surface area contributed by atoms with Gasteiger partial charge < -0.3 is 15.2 Å². The SMILES string of the molecule is CC(C)C(C(=O)NCC1(C(=O)O)CCOCC1)S(=O)(=O)C1CCCCC1. The van der Waals surface area contributed by atoms with Gasteiger partial charge in [-0.2, -0.15) is 0 Å². The van der Waals surface area contributed by atoms with Crippen LogP contribution in [0.1, 0.15) is 58.8 Å². The molecule has 1 saturated carbocycles. The highest BCUT2D eigenvalue weighted by Gasteiger charge is 2.44. The van der Waals surface area contributed by atoms with Crippen LogP contribution in [0.4, 0.5) is 0 Å². The molecular weight excluding hydrogens is 358 g/mol. The van der Waals surface area contributed by atoms with E-state index in [0.29, 0.717) is 38.9 Å². The zero-order chi connectivity index (χ0) is 19.4. The molecule has 0 spiro atoms. The predicted molar refractivity (Wildman–Crippen MR) is 97.6 cm³/mol. The van der Waals surface area contributed by atoms with Crippen LogP contribution < -0.4 is 5.32 Å². The molecule has 1 heterocycles. The van der Waals surface area contributed by atoms with E-state index in [1.54, 1.807) is 13.8 Å². The molecule has 1 aliphatic heterocycles. The summed E-state index contributed by atoms with van der Waals surface area (Å²) in [5.41, 5.74) is -1.08. The molecule has 1 aliphatic carbocycles. The van der Waals surface area contributed by atoms with Gasteiger partial charge >= 0.3 is 5.97 Å². The van der Waals surface area contributed by atoms with Crippen molar-refractivity contribution in [3.05, 3.63) is 0 Å². The molecule has 150 valence electrons. The maximum atomic E-state index is 13.0. The third-order valence-electron chi connectivity index (χ3n) is 5.74. The van der Waals surface area contributed by atoms with Crippen molar-refractivity contribution in [2.75, 3.05) is 19.8 Å². The lowest BCUT2D eigenvalue weighted by atomic mass is 9.80. The lowest BCUT2D eigenvalue weighted by molar-refractivity contribution is -0.154. The lowest BCUT2D eigenvalue weighted by Gasteiger charge is -2.34. The van der Waals surface area contributed by atoms with Crippen LogP contribution in [0, 0.1) is 11.3 Å². The number of rotatable bonds is 7. The molecule has 8 heteroatoms. The fraction of sp³-hybridized carbons (Fsp3) is 0.889. The number of carbonyl (C=O) groups is 2. The van der Waals surface area contributed by atoms with E-state index in [0.717, 1.165) is 19.3 Å². The van der Waals surface area contributed by atoms with Crippen LogP contribution in [-0.4, -0.2) is 55.7 Å². The zero-order valence-electron chi connectivity index (χ0n) is 15.7. The molecule has 0 aromatic heterocycles. The van der Waals surface area contributed by atoms with E-state index in [-0.39, 0.29) is 12.5 Å². The summed E-state index contributed by atoms with van der Waals surface area (Å²) in [5, 5.41) is 10.6. The molecule has 2 rings (SSSR count). The first-order valence-electron chi connectivity index (χ1n) is 9.52. The summed E-state index contributed by atoms with van der Waals surface area (Å²) in [4.78, 5) is 24.5. The van der Waals surface area contributed by atoms with Crippen molar-refractivity contribution >= 4 is 21.7 Å². The van der Waals surface area contributed by atoms with Crippen LogP contribution in [0.2, 0.25) is 0 Å². The first kappa shape index (κ1) is 21.2. The first-order chi connectivity index (χ1) is 12.2. The Kier molecular flexibility index (Phi) is 7.07. The fourth-order valence-corrected chi connectivity index (χ4v) is 6.56. The number of hydrogen-bond donors (Lipinski definition) is 2. The highest BCUT2D eigenvalue weighted by atomic mass is 32.2. The molecule has 2 N–H and O–H groups in total. The van der Waals surface area contributed by atoms with Crippen molar-refractivity contribution < 1.29 is 27.9 Å². The minimum atomic E-state index is -3.60. The van der Waals surface area contributed by atoms with Gasteiger partial charge in [-0.1, -0.05) is 33.1 Å². The number of nitrogens with one attached hydrogen (secondary N) is 1. The molecule has 7 nitrogen and oxygen atoms in total. The second-order valence-corrected chi connectivity index (χ2v) is 10.3. The van der Waals surface area contributed by atoms with Gasteiger partial charge in [-0.25, -0.2) is 8.42 Å². The monoisotopic (exact) mass is 389 g/mol. The Morgan fingerprint density at radius 1 is 1.15 bits per heavy atom. The second kappa shape index (κ2) is 8.69. The van der Waals surface area contributed by atoms with E-state index in [4.69, 9.17) is 4.74 Å². The second-order valence-electron chi connectivity index (χ2n) is 7.93. The lowest BCUT2D eigenvalue weighted by Crippen LogP contribution is -2.52. The number of amides is 1. The average Bonchev–Trinajstić information content (AvgIpc) is 2.61. The zero-order valence-corrected chi connectivity index (χ0v) is 16.5. The Labute approximate surface area is 155 Å². The topological polar surface area (TPSA) is 110 Å². The van der Waals surface area contributed by atoms with Crippen LogP contribution in [0.15, 0.2) is 0 Å². The largest absolute Gasteiger partial charge is 0.481 e. The van der Waals surface area contributed by atoms with Crippen LogP contribution >= 0.6 is 0 Å². The molecule has 0 radical (unpaired) electrons. The maximum Gasteiger partial charge on any atom is 0.311 e. The van der Waals surface area contributed by atoms with Gasteiger partial charge in [0.1, 0.15) is 5.25 Å². The summed E-state index contributed by atoms with van der Waals surface area (Å²) >= 11 is 0. The highest BCUT2D eigenvalue weighted by molar-refractivity contribution is 7.93. The third kappa shape index (κ3) is 4.57. The molecule has 2 fully saturated rings. The molecule has 0 aromatic rings.